The summed E-state index contributed by atoms with van der Waals surface area (Å²) in [6, 6.07) is 1.11. The van der Waals surface area contributed by atoms with Crippen molar-refractivity contribution in [2.45, 2.75) is 0 Å². The summed E-state index contributed by atoms with van der Waals surface area (Å²) in [6.45, 7) is 0. The van der Waals surface area contributed by atoms with Gasteiger partial charge in [0.2, 0.25) is 0 Å². The van der Waals surface area contributed by atoms with Gasteiger partial charge in [-0.1, -0.05) is 0 Å². The van der Waals surface area contributed by atoms with Gasteiger partial charge in [0, 0.05) is 5.56 Å². The summed E-state index contributed by atoms with van der Waals surface area (Å²) < 4.78 is 25.8. The van der Waals surface area contributed by atoms with E-state index in [4.69, 9.17) is 17.3 Å². The van der Waals surface area contributed by atoms with E-state index in [2.05, 4.69) is 15.9 Å². The predicted octanol–water partition coefficient (Wildman–Crippen LogP) is 2.73. The van der Waals surface area contributed by atoms with Gasteiger partial charge in [-0.05, 0) is 22.0 Å². The van der Waals surface area contributed by atoms with Crippen LogP contribution in [0.15, 0.2) is 10.5 Å². The number of hydrogen-bond donors (Lipinski definition) is 1. The zero-order valence-corrected chi connectivity index (χ0v) is 9.12. The largest absolute Gasteiger partial charge is 0.396 e. The Morgan fingerprint density at radius 1 is 1.50 bits per heavy atom. The van der Waals surface area contributed by atoms with Crippen LogP contribution in [0.1, 0.15) is 10.4 Å². The molecule has 1 rings (SSSR count). The number of halogens is 4. The van der Waals surface area contributed by atoms with Gasteiger partial charge in [-0.3, -0.25) is 4.79 Å². The van der Waals surface area contributed by atoms with Crippen LogP contribution in [0.5, 0.6) is 0 Å². The number of hydrogen-bond acceptors (Lipinski definition) is 2. The van der Waals surface area contributed by atoms with Gasteiger partial charge >= 0.3 is 0 Å². The van der Waals surface area contributed by atoms with Gasteiger partial charge in [-0.15, -0.1) is 11.6 Å². The first-order valence-corrected chi connectivity index (χ1v) is 4.84. The number of Topliss-reactive ketones (excluding diaryl/α,β-unsaturated/α-hetero) is 1. The topological polar surface area (TPSA) is 43.1 Å². The van der Waals surface area contributed by atoms with Crippen LogP contribution >= 0.6 is 27.5 Å². The maximum absolute atomic E-state index is 13.0. The first-order chi connectivity index (χ1) is 6.49. The van der Waals surface area contributed by atoms with Crippen LogP contribution in [-0.4, -0.2) is 11.7 Å². The second-order valence-corrected chi connectivity index (χ2v) is 3.63. The smallest absolute Gasteiger partial charge is 0.183 e. The van der Waals surface area contributed by atoms with E-state index in [0.29, 0.717) is 0 Å². The average molecular weight is 284 g/mol. The van der Waals surface area contributed by atoms with Gasteiger partial charge < -0.3 is 5.73 Å². The van der Waals surface area contributed by atoms with Gasteiger partial charge in [-0.25, -0.2) is 8.78 Å². The summed E-state index contributed by atoms with van der Waals surface area (Å²) in [4.78, 5) is 11.1. The number of alkyl halides is 1. The first kappa shape index (κ1) is 11.4. The molecule has 0 bridgehead atoms. The van der Waals surface area contributed by atoms with Gasteiger partial charge in [0.15, 0.2) is 17.4 Å². The third-order valence-electron chi connectivity index (χ3n) is 1.62. The number of benzene rings is 1. The van der Waals surface area contributed by atoms with Crippen molar-refractivity contribution in [3.05, 3.63) is 27.7 Å². The predicted molar refractivity (Wildman–Crippen MR) is 53.5 cm³/mol. The minimum absolute atomic E-state index is 0.120. The quantitative estimate of drug-likeness (QED) is 0.393. The molecule has 0 unspecified atom stereocenters. The molecule has 0 aromatic heterocycles. The van der Waals surface area contributed by atoms with Crippen molar-refractivity contribution in [1.29, 1.82) is 0 Å². The summed E-state index contributed by atoms with van der Waals surface area (Å²) in [6.07, 6.45) is 0. The standard InChI is InChI=1S/C8H5BrClF2NO/c9-4-1-3(5(14)2-10)8(13)7(12)6(4)11/h1H,2,13H2. The Morgan fingerprint density at radius 2 is 2.07 bits per heavy atom. The van der Waals surface area contributed by atoms with E-state index in [9.17, 15) is 13.6 Å². The fourth-order valence-electron chi connectivity index (χ4n) is 0.912. The molecule has 0 radical (unpaired) electrons. The highest BCUT2D eigenvalue weighted by molar-refractivity contribution is 9.10. The Hall–Kier alpha value is -0.680. The van der Waals surface area contributed by atoms with Crippen molar-refractivity contribution in [3.8, 4) is 0 Å². The van der Waals surface area contributed by atoms with Crippen molar-refractivity contribution in [1.82, 2.24) is 0 Å². The molecule has 0 saturated carbocycles. The second kappa shape index (κ2) is 4.23. The molecule has 6 heteroatoms. The Morgan fingerprint density at radius 3 is 2.57 bits per heavy atom. The van der Waals surface area contributed by atoms with Crippen molar-refractivity contribution in [3.63, 3.8) is 0 Å². The van der Waals surface area contributed by atoms with Crippen molar-refractivity contribution in [2.24, 2.45) is 0 Å². The molecule has 14 heavy (non-hydrogen) atoms. The van der Waals surface area contributed by atoms with E-state index in [-0.39, 0.29) is 15.9 Å². The highest BCUT2D eigenvalue weighted by Crippen LogP contribution is 2.27. The number of carbonyl (C=O) groups is 1. The Bertz CT molecular complexity index is 397. The summed E-state index contributed by atoms with van der Waals surface area (Å²) in [5, 5.41) is 0. The maximum Gasteiger partial charge on any atom is 0.183 e. The maximum atomic E-state index is 13.0. The number of carbonyl (C=O) groups excluding carboxylic acids is 1. The van der Waals surface area contributed by atoms with Gasteiger partial charge in [0.05, 0.1) is 16.0 Å². The highest BCUT2D eigenvalue weighted by atomic mass is 79.9. The number of nitrogen functional groups attached to an aromatic ring is 1. The van der Waals surface area contributed by atoms with E-state index in [1.807, 2.05) is 0 Å². The molecular weight excluding hydrogens is 279 g/mol. The zero-order chi connectivity index (χ0) is 10.9. The lowest BCUT2D eigenvalue weighted by molar-refractivity contribution is 0.102. The number of rotatable bonds is 2. The van der Waals surface area contributed by atoms with Crippen LogP contribution in [0.3, 0.4) is 0 Å². The van der Waals surface area contributed by atoms with E-state index >= 15 is 0 Å². The molecule has 1 aromatic carbocycles. The van der Waals surface area contributed by atoms with Crippen molar-refractivity contribution in [2.75, 3.05) is 11.6 Å². The van der Waals surface area contributed by atoms with Crippen LogP contribution in [-0.2, 0) is 0 Å². The lowest BCUT2D eigenvalue weighted by atomic mass is 10.1. The van der Waals surface area contributed by atoms with Gasteiger partial charge in [0.1, 0.15) is 0 Å². The minimum Gasteiger partial charge on any atom is -0.396 e. The number of nitrogens with two attached hydrogens (primary N) is 1. The molecule has 0 atom stereocenters. The average Bonchev–Trinajstić information content (AvgIpc) is 2.19. The van der Waals surface area contributed by atoms with Gasteiger partial charge in [-0.2, -0.15) is 0 Å². The molecule has 0 aliphatic rings. The molecule has 76 valence electrons. The molecule has 0 saturated heterocycles. The fourth-order valence-corrected chi connectivity index (χ4v) is 1.46. The van der Waals surface area contributed by atoms with Crippen molar-refractivity contribution < 1.29 is 13.6 Å². The monoisotopic (exact) mass is 283 g/mol. The molecule has 2 nitrogen and oxygen atoms in total. The van der Waals surface area contributed by atoms with Crippen LogP contribution in [0.4, 0.5) is 14.5 Å². The third kappa shape index (κ3) is 1.88. The summed E-state index contributed by atoms with van der Waals surface area (Å²) in [5.41, 5.74) is 4.58. The molecule has 1 aromatic rings. The summed E-state index contributed by atoms with van der Waals surface area (Å²) in [7, 11) is 0. The van der Waals surface area contributed by atoms with Crippen molar-refractivity contribution >= 4 is 39.0 Å². The SMILES string of the molecule is Nc1c(C(=O)CCl)cc(Br)c(F)c1F. The van der Waals surface area contributed by atoms with Crippen LogP contribution in [0.25, 0.3) is 0 Å². The van der Waals surface area contributed by atoms with E-state index in [1.165, 1.54) is 0 Å². The molecule has 0 spiro atoms. The molecule has 0 fully saturated rings. The van der Waals surface area contributed by atoms with Crippen LogP contribution in [0.2, 0.25) is 0 Å². The number of anilines is 1. The highest BCUT2D eigenvalue weighted by Gasteiger charge is 2.18. The molecule has 0 amide bonds. The zero-order valence-electron chi connectivity index (χ0n) is 6.78. The van der Waals surface area contributed by atoms with E-state index in [0.717, 1.165) is 6.07 Å². The lowest BCUT2D eigenvalue weighted by Gasteiger charge is -2.06. The Labute approximate surface area is 92.2 Å². The normalized spacial score (nSPS) is 10.3. The summed E-state index contributed by atoms with van der Waals surface area (Å²) in [5.74, 6) is -3.24. The first-order valence-electron chi connectivity index (χ1n) is 3.51. The molecule has 2 N–H and O–H groups in total. The lowest BCUT2D eigenvalue weighted by Crippen LogP contribution is -2.08. The molecule has 0 aliphatic heterocycles. The summed E-state index contributed by atoms with van der Waals surface area (Å²) >= 11 is 8.03. The van der Waals surface area contributed by atoms with Crippen LogP contribution in [0, 0.1) is 11.6 Å². The van der Waals surface area contributed by atoms with E-state index < -0.39 is 23.1 Å². The third-order valence-corrected chi connectivity index (χ3v) is 2.44. The second-order valence-electron chi connectivity index (χ2n) is 2.50. The molecule has 0 aliphatic carbocycles. The minimum atomic E-state index is -1.24. The molecular formula is C8H5BrClF2NO. The Kier molecular flexibility index (Phi) is 3.44. The number of ketones is 1. The fraction of sp³-hybridized carbons (Fsp3) is 0.125. The van der Waals surface area contributed by atoms with Gasteiger partial charge in [0.25, 0.3) is 0 Å². The van der Waals surface area contributed by atoms with E-state index in [1.54, 1.807) is 0 Å². The Balaban J connectivity index is 3.40. The van der Waals surface area contributed by atoms with Crippen LogP contribution < -0.4 is 5.73 Å². The molecule has 0 heterocycles.